The summed E-state index contributed by atoms with van der Waals surface area (Å²) >= 11 is 1.29. The van der Waals surface area contributed by atoms with Gasteiger partial charge < -0.3 is 14.2 Å². The molecule has 1 aliphatic rings. The van der Waals surface area contributed by atoms with Crippen molar-refractivity contribution in [3.8, 4) is 11.4 Å². The summed E-state index contributed by atoms with van der Waals surface area (Å²) in [5.74, 6) is -0.271. The van der Waals surface area contributed by atoms with Crippen LogP contribution in [-0.4, -0.2) is 56.5 Å². The van der Waals surface area contributed by atoms with Crippen molar-refractivity contribution in [3.05, 3.63) is 30.1 Å². The van der Waals surface area contributed by atoms with Gasteiger partial charge in [-0.25, -0.2) is 4.39 Å². The van der Waals surface area contributed by atoms with E-state index >= 15 is 0 Å². The quantitative estimate of drug-likeness (QED) is 0.528. The summed E-state index contributed by atoms with van der Waals surface area (Å²) in [5.41, 5.74) is 0.370. The van der Waals surface area contributed by atoms with Gasteiger partial charge >= 0.3 is 5.97 Å². The normalized spacial score (nSPS) is 15.9. The van der Waals surface area contributed by atoms with E-state index in [0.29, 0.717) is 49.1 Å². The Morgan fingerprint density at radius 3 is 2.62 bits per heavy atom. The van der Waals surface area contributed by atoms with Crippen LogP contribution in [0, 0.1) is 11.7 Å². The molecule has 7 nitrogen and oxygen atoms in total. The number of benzene rings is 1. The number of amides is 1. The number of hydrogen-bond donors (Lipinski definition) is 0. The lowest BCUT2D eigenvalue weighted by molar-refractivity contribution is -0.151. The molecule has 0 spiro atoms. The van der Waals surface area contributed by atoms with E-state index in [1.54, 1.807) is 41.6 Å². The molecule has 0 N–H and O–H groups in total. The fraction of sp³-hybridized carbons (Fsp3) is 0.500. The average molecular weight is 421 g/mol. The van der Waals surface area contributed by atoms with Gasteiger partial charge in [0.2, 0.25) is 5.91 Å². The van der Waals surface area contributed by atoms with Crippen LogP contribution in [0.5, 0.6) is 0 Å². The van der Waals surface area contributed by atoms with E-state index in [-0.39, 0.29) is 28.9 Å². The molecule has 1 aromatic carbocycles. The fourth-order valence-electron chi connectivity index (χ4n) is 3.36. The van der Waals surface area contributed by atoms with E-state index in [2.05, 4.69) is 10.2 Å². The first kappa shape index (κ1) is 21.3. The molecule has 29 heavy (non-hydrogen) atoms. The summed E-state index contributed by atoms with van der Waals surface area (Å²) in [6, 6.07) is 6.39. The minimum atomic E-state index is -0.370. The number of ether oxygens (including phenoxy) is 1. The Labute approximate surface area is 173 Å². The maximum Gasteiger partial charge on any atom is 0.309 e. The summed E-state index contributed by atoms with van der Waals surface area (Å²) in [5, 5.41) is 8.41. The summed E-state index contributed by atoms with van der Waals surface area (Å²) < 4.78 is 20.8. The number of halogens is 1. The van der Waals surface area contributed by atoms with Crippen molar-refractivity contribution in [1.82, 2.24) is 19.7 Å². The number of nitrogens with zero attached hydrogens (tertiary/aromatic N) is 4. The molecule has 3 rings (SSSR count). The van der Waals surface area contributed by atoms with Crippen molar-refractivity contribution in [2.24, 2.45) is 13.0 Å². The third-order valence-electron chi connectivity index (χ3n) is 5.01. The number of piperidine rings is 1. The number of likely N-dealkylation sites (tertiary alicyclic amines) is 1. The highest BCUT2D eigenvalue weighted by Crippen LogP contribution is 2.28. The molecule has 1 amide bonds. The van der Waals surface area contributed by atoms with E-state index in [1.165, 1.54) is 17.8 Å². The van der Waals surface area contributed by atoms with Crippen molar-refractivity contribution < 1.29 is 18.7 Å². The third kappa shape index (κ3) is 4.77. The monoisotopic (exact) mass is 420 g/mol. The molecular weight excluding hydrogens is 395 g/mol. The topological polar surface area (TPSA) is 77.3 Å². The first-order chi connectivity index (χ1) is 13.9. The Morgan fingerprint density at radius 1 is 1.28 bits per heavy atom. The molecule has 1 saturated heterocycles. The summed E-state index contributed by atoms with van der Waals surface area (Å²) in [6.45, 7) is 5.05. The van der Waals surface area contributed by atoms with Crippen LogP contribution in [0.4, 0.5) is 4.39 Å². The zero-order chi connectivity index (χ0) is 21.0. The van der Waals surface area contributed by atoms with Crippen molar-refractivity contribution in [2.45, 2.75) is 37.1 Å². The molecule has 0 aliphatic carbocycles. The number of carbonyl (C=O) groups is 2. The maximum absolute atomic E-state index is 14.1. The third-order valence-corrected chi connectivity index (χ3v) is 6.13. The molecule has 1 unspecified atom stereocenters. The highest BCUT2D eigenvalue weighted by Gasteiger charge is 2.31. The fourth-order valence-corrected chi connectivity index (χ4v) is 4.25. The number of aromatic nitrogens is 3. The average Bonchev–Trinajstić information content (AvgIpc) is 3.08. The largest absolute Gasteiger partial charge is 0.466 e. The maximum atomic E-state index is 14.1. The Kier molecular flexibility index (Phi) is 6.89. The Bertz CT molecular complexity index is 880. The van der Waals surface area contributed by atoms with Crippen molar-refractivity contribution >= 4 is 23.6 Å². The standard InChI is InChI=1S/C20H25FN4O3S/c1-4-28-19(27)14-9-11-25(12-10-14)18(26)13(2)29-20-23-22-17(24(20)3)15-7-5-6-8-16(15)21/h5-8,13-14H,4,9-12H2,1-3H3. The van der Waals surface area contributed by atoms with Crippen LogP contribution >= 0.6 is 11.8 Å². The SMILES string of the molecule is CCOC(=O)C1CCN(C(=O)C(C)Sc2nnc(-c3ccccc3F)n2C)CC1. The van der Waals surface area contributed by atoms with Crippen LogP contribution in [0.15, 0.2) is 29.4 Å². The van der Waals surface area contributed by atoms with Gasteiger partial charge in [0.1, 0.15) is 5.82 Å². The molecule has 156 valence electrons. The minimum Gasteiger partial charge on any atom is -0.466 e. The second kappa shape index (κ2) is 9.39. The van der Waals surface area contributed by atoms with E-state index in [0.717, 1.165) is 0 Å². The Hall–Kier alpha value is -2.42. The molecule has 1 atom stereocenters. The second-order valence-electron chi connectivity index (χ2n) is 6.96. The summed E-state index contributed by atoms with van der Waals surface area (Å²) in [7, 11) is 1.76. The van der Waals surface area contributed by atoms with Gasteiger partial charge in [-0.2, -0.15) is 0 Å². The van der Waals surface area contributed by atoms with Crippen LogP contribution in [0.2, 0.25) is 0 Å². The number of esters is 1. The van der Waals surface area contributed by atoms with E-state index in [4.69, 9.17) is 4.74 Å². The molecule has 2 aromatic rings. The molecular formula is C20H25FN4O3S. The lowest BCUT2D eigenvalue weighted by atomic mass is 9.97. The highest BCUT2D eigenvalue weighted by atomic mass is 32.2. The van der Waals surface area contributed by atoms with E-state index < -0.39 is 0 Å². The van der Waals surface area contributed by atoms with Crippen LogP contribution in [-0.2, 0) is 21.4 Å². The zero-order valence-corrected chi connectivity index (χ0v) is 17.6. The molecule has 2 heterocycles. The van der Waals surface area contributed by atoms with Gasteiger partial charge in [-0.1, -0.05) is 23.9 Å². The first-order valence-electron chi connectivity index (χ1n) is 9.68. The number of carbonyl (C=O) groups excluding carboxylic acids is 2. The number of rotatable bonds is 6. The van der Waals surface area contributed by atoms with E-state index in [1.807, 2.05) is 6.92 Å². The lowest BCUT2D eigenvalue weighted by Gasteiger charge is -2.32. The minimum absolute atomic E-state index is 0.00671. The molecule has 1 aliphatic heterocycles. The van der Waals surface area contributed by atoms with Gasteiger partial charge in [0.25, 0.3) is 0 Å². The highest BCUT2D eigenvalue weighted by molar-refractivity contribution is 8.00. The molecule has 1 fully saturated rings. The van der Waals surface area contributed by atoms with Crippen LogP contribution < -0.4 is 0 Å². The molecule has 0 saturated carbocycles. The Morgan fingerprint density at radius 2 is 1.97 bits per heavy atom. The molecule has 0 bridgehead atoms. The predicted molar refractivity (Wildman–Crippen MR) is 108 cm³/mol. The van der Waals surface area contributed by atoms with Gasteiger partial charge in [0, 0.05) is 20.1 Å². The lowest BCUT2D eigenvalue weighted by Crippen LogP contribution is -2.43. The van der Waals surface area contributed by atoms with Gasteiger partial charge in [0.15, 0.2) is 11.0 Å². The van der Waals surface area contributed by atoms with Gasteiger partial charge in [-0.3, -0.25) is 9.59 Å². The summed E-state index contributed by atoms with van der Waals surface area (Å²) in [4.78, 5) is 26.5. The van der Waals surface area contributed by atoms with Gasteiger partial charge in [0.05, 0.1) is 23.3 Å². The zero-order valence-electron chi connectivity index (χ0n) is 16.8. The molecule has 9 heteroatoms. The van der Waals surface area contributed by atoms with Gasteiger partial charge in [-0.15, -0.1) is 10.2 Å². The van der Waals surface area contributed by atoms with Gasteiger partial charge in [-0.05, 0) is 38.8 Å². The smallest absolute Gasteiger partial charge is 0.309 e. The van der Waals surface area contributed by atoms with Crippen molar-refractivity contribution in [3.63, 3.8) is 0 Å². The summed E-state index contributed by atoms with van der Waals surface area (Å²) in [6.07, 6.45) is 1.23. The molecule has 1 aromatic heterocycles. The Balaban J connectivity index is 1.61. The van der Waals surface area contributed by atoms with Crippen LogP contribution in [0.3, 0.4) is 0 Å². The molecule has 0 radical (unpaired) electrons. The van der Waals surface area contributed by atoms with E-state index in [9.17, 15) is 14.0 Å². The predicted octanol–water partition coefficient (Wildman–Crippen LogP) is 2.90. The number of hydrogen-bond acceptors (Lipinski definition) is 6. The van der Waals surface area contributed by atoms with Crippen LogP contribution in [0.1, 0.15) is 26.7 Å². The van der Waals surface area contributed by atoms with Crippen molar-refractivity contribution in [2.75, 3.05) is 19.7 Å². The van der Waals surface area contributed by atoms with Crippen molar-refractivity contribution in [1.29, 1.82) is 0 Å². The number of thioether (sulfide) groups is 1. The van der Waals surface area contributed by atoms with Crippen LogP contribution in [0.25, 0.3) is 11.4 Å². The first-order valence-corrected chi connectivity index (χ1v) is 10.6. The second-order valence-corrected chi connectivity index (χ2v) is 8.26.